The molecule has 1 aromatic carbocycles. The van der Waals surface area contributed by atoms with Crippen LogP contribution in [0, 0.1) is 0 Å². The standard InChI is InChI=1S/C16H17F2N3O3S/c1-10(14(22)21-8-2-3-9-21)25-16-20-19-13(24-16)11-4-6-12(7-5-11)23-15(17)18/h4-7,10,15H,2-3,8-9H2,1H3. The van der Waals surface area contributed by atoms with Crippen LogP contribution in [-0.2, 0) is 4.79 Å². The number of benzene rings is 1. The minimum absolute atomic E-state index is 0.0534. The zero-order chi connectivity index (χ0) is 17.8. The van der Waals surface area contributed by atoms with E-state index in [1.807, 2.05) is 11.8 Å². The van der Waals surface area contributed by atoms with E-state index < -0.39 is 6.61 Å². The number of ether oxygens (including phenoxy) is 1. The van der Waals surface area contributed by atoms with Crippen molar-refractivity contribution < 1.29 is 22.7 Å². The third-order valence-corrected chi connectivity index (χ3v) is 4.70. The summed E-state index contributed by atoms with van der Waals surface area (Å²) in [7, 11) is 0. The molecule has 134 valence electrons. The zero-order valence-corrected chi connectivity index (χ0v) is 14.3. The van der Waals surface area contributed by atoms with Crippen LogP contribution in [0.3, 0.4) is 0 Å². The van der Waals surface area contributed by atoms with Gasteiger partial charge in [-0.1, -0.05) is 11.8 Å². The average molecular weight is 369 g/mol. The Morgan fingerprint density at radius 2 is 1.92 bits per heavy atom. The number of hydrogen-bond donors (Lipinski definition) is 0. The highest BCUT2D eigenvalue weighted by molar-refractivity contribution is 8.00. The first-order valence-electron chi connectivity index (χ1n) is 7.87. The van der Waals surface area contributed by atoms with Crippen LogP contribution >= 0.6 is 11.8 Å². The number of hydrogen-bond acceptors (Lipinski definition) is 6. The van der Waals surface area contributed by atoms with Crippen LogP contribution in [0.1, 0.15) is 19.8 Å². The summed E-state index contributed by atoms with van der Waals surface area (Å²) in [5.41, 5.74) is 0.583. The van der Waals surface area contributed by atoms with E-state index in [9.17, 15) is 13.6 Å². The van der Waals surface area contributed by atoms with Gasteiger partial charge in [-0.05, 0) is 44.0 Å². The Balaban J connectivity index is 1.62. The molecular weight excluding hydrogens is 352 g/mol. The molecule has 0 spiro atoms. The molecule has 2 aromatic rings. The highest BCUT2D eigenvalue weighted by atomic mass is 32.2. The second-order valence-corrected chi connectivity index (χ2v) is 6.86. The quantitative estimate of drug-likeness (QED) is 0.727. The molecule has 0 N–H and O–H groups in total. The molecule has 1 aliphatic heterocycles. The smallest absolute Gasteiger partial charge is 0.387 e. The number of nitrogens with zero attached hydrogens (tertiary/aromatic N) is 3. The van der Waals surface area contributed by atoms with Crippen LogP contribution in [0.2, 0.25) is 0 Å². The second kappa shape index (κ2) is 7.81. The Labute approximate surface area is 147 Å². The van der Waals surface area contributed by atoms with Gasteiger partial charge in [0, 0.05) is 18.7 Å². The van der Waals surface area contributed by atoms with Gasteiger partial charge in [-0.2, -0.15) is 8.78 Å². The molecule has 1 aromatic heterocycles. The van der Waals surface area contributed by atoms with Gasteiger partial charge in [0.05, 0.1) is 5.25 Å². The molecule has 0 bridgehead atoms. The molecule has 0 saturated carbocycles. The van der Waals surface area contributed by atoms with Crippen molar-refractivity contribution in [1.29, 1.82) is 0 Å². The lowest BCUT2D eigenvalue weighted by atomic mass is 10.2. The van der Waals surface area contributed by atoms with Crippen molar-refractivity contribution in [1.82, 2.24) is 15.1 Å². The van der Waals surface area contributed by atoms with E-state index in [4.69, 9.17) is 4.42 Å². The summed E-state index contributed by atoms with van der Waals surface area (Å²) in [6, 6.07) is 5.91. The number of halogens is 2. The first-order valence-corrected chi connectivity index (χ1v) is 8.75. The fourth-order valence-corrected chi connectivity index (χ4v) is 3.32. The monoisotopic (exact) mass is 369 g/mol. The molecule has 1 unspecified atom stereocenters. The Morgan fingerprint density at radius 3 is 2.56 bits per heavy atom. The maximum atomic E-state index is 12.3. The Kier molecular flexibility index (Phi) is 5.52. The normalized spacial score (nSPS) is 15.6. The fraction of sp³-hybridized carbons (Fsp3) is 0.438. The number of carbonyl (C=O) groups is 1. The van der Waals surface area contributed by atoms with Gasteiger partial charge in [0.2, 0.25) is 11.8 Å². The van der Waals surface area contributed by atoms with Crippen molar-refractivity contribution in [3.63, 3.8) is 0 Å². The number of amides is 1. The number of alkyl halides is 2. The average Bonchev–Trinajstić information content (AvgIpc) is 3.26. The highest BCUT2D eigenvalue weighted by Crippen LogP contribution is 2.28. The second-order valence-electron chi connectivity index (χ2n) is 5.57. The summed E-state index contributed by atoms with van der Waals surface area (Å²) >= 11 is 1.21. The van der Waals surface area contributed by atoms with Crippen molar-refractivity contribution >= 4 is 17.7 Å². The van der Waals surface area contributed by atoms with Crippen LogP contribution in [0.4, 0.5) is 8.78 Å². The summed E-state index contributed by atoms with van der Waals surface area (Å²) in [5.74, 6) is 0.375. The molecule has 2 heterocycles. The molecule has 6 nitrogen and oxygen atoms in total. The van der Waals surface area contributed by atoms with Crippen molar-refractivity contribution in [2.24, 2.45) is 0 Å². The number of carbonyl (C=O) groups excluding carboxylic acids is 1. The summed E-state index contributed by atoms with van der Waals surface area (Å²) in [6.45, 7) is 0.538. The molecule has 0 aliphatic carbocycles. The number of likely N-dealkylation sites (tertiary alicyclic amines) is 1. The van der Waals surface area contributed by atoms with E-state index in [0.29, 0.717) is 10.8 Å². The van der Waals surface area contributed by atoms with Gasteiger partial charge in [0.15, 0.2) is 0 Å². The van der Waals surface area contributed by atoms with Gasteiger partial charge in [-0.25, -0.2) is 0 Å². The minimum atomic E-state index is -2.87. The van der Waals surface area contributed by atoms with Crippen molar-refractivity contribution in [2.75, 3.05) is 13.1 Å². The van der Waals surface area contributed by atoms with Crippen molar-refractivity contribution in [2.45, 2.75) is 36.8 Å². The number of aromatic nitrogens is 2. The Bertz CT molecular complexity index is 718. The SMILES string of the molecule is CC(Sc1nnc(-c2ccc(OC(F)F)cc2)o1)C(=O)N1CCCC1. The maximum Gasteiger partial charge on any atom is 0.387 e. The van der Waals surface area contributed by atoms with Gasteiger partial charge in [-0.15, -0.1) is 10.2 Å². The van der Waals surface area contributed by atoms with Crippen LogP contribution < -0.4 is 4.74 Å². The van der Waals surface area contributed by atoms with Crippen LogP contribution in [0.5, 0.6) is 5.75 Å². The van der Waals surface area contributed by atoms with Gasteiger partial charge >= 0.3 is 6.61 Å². The Morgan fingerprint density at radius 1 is 1.24 bits per heavy atom. The lowest BCUT2D eigenvalue weighted by Gasteiger charge is -2.18. The van der Waals surface area contributed by atoms with Crippen molar-refractivity contribution in [3.8, 4) is 17.2 Å². The number of rotatable bonds is 6. The predicted molar refractivity (Wildman–Crippen MR) is 87.5 cm³/mol. The van der Waals surface area contributed by atoms with Gasteiger partial charge < -0.3 is 14.1 Å². The molecule has 1 aliphatic rings. The number of thioether (sulfide) groups is 1. The highest BCUT2D eigenvalue weighted by Gasteiger charge is 2.25. The summed E-state index contributed by atoms with van der Waals surface area (Å²) < 4.78 is 34.1. The first kappa shape index (κ1) is 17.7. The van der Waals surface area contributed by atoms with E-state index in [-0.39, 0.29) is 22.8 Å². The van der Waals surface area contributed by atoms with Crippen LogP contribution in [-0.4, -0.2) is 46.0 Å². The van der Waals surface area contributed by atoms with E-state index in [1.54, 1.807) is 12.1 Å². The lowest BCUT2D eigenvalue weighted by molar-refractivity contribution is -0.129. The van der Waals surface area contributed by atoms with Crippen LogP contribution in [0.25, 0.3) is 11.5 Å². The van der Waals surface area contributed by atoms with E-state index in [1.165, 1.54) is 23.9 Å². The minimum Gasteiger partial charge on any atom is -0.435 e. The van der Waals surface area contributed by atoms with Crippen molar-refractivity contribution in [3.05, 3.63) is 24.3 Å². The molecule has 1 amide bonds. The fourth-order valence-electron chi connectivity index (χ4n) is 2.55. The lowest BCUT2D eigenvalue weighted by Crippen LogP contribution is -2.34. The largest absolute Gasteiger partial charge is 0.435 e. The molecule has 1 fully saturated rings. The predicted octanol–water partition coefficient (Wildman–Crippen LogP) is 3.44. The van der Waals surface area contributed by atoms with Gasteiger partial charge in [0.25, 0.3) is 5.22 Å². The Hall–Kier alpha value is -2.16. The van der Waals surface area contributed by atoms with Crippen LogP contribution in [0.15, 0.2) is 33.9 Å². The molecule has 1 saturated heterocycles. The van der Waals surface area contributed by atoms with Gasteiger partial charge in [0.1, 0.15) is 5.75 Å². The summed E-state index contributed by atoms with van der Waals surface area (Å²) in [5, 5.41) is 7.85. The third-order valence-electron chi connectivity index (χ3n) is 3.78. The van der Waals surface area contributed by atoms with E-state index in [2.05, 4.69) is 14.9 Å². The molecular formula is C16H17F2N3O3S. The molecule has 3 rings (SSSR count). The van der Waals surface area contributed by atoms with E-state index in [0.717, 1.165) is 25.9 Å². The maximum absolute atomic E-state index is 12.3. The third kappa shape index (κ3) is 4.47. The molecule has 9 heteroatoms. The van der Waals surface area contributed by atoms with Gasteiger partial charge in [-0.3, -0.25) is 4.79 Å². The molecule has 1 atom stereocenters. The molecule has 25 heavy (non-hydrogen) atoms. The van der Waals surface area contributed by atoms with E-state index >= 15 is 0 Å². The zero-order valence-electron chi connectivity index (χ0n) is 13.5. The molecule has 0 radical (unpaired) electrons. The summed E-state index contributed by atoms with van der Waals surface area (Å²) in [6.07, 6.45) is 2.08. The topological polar surface area (TPSA) is 68.5 Å². The first-order chi connectivity index (χ1) is 12.0. The summed E-state index contributed by atoms with van der Waals surface area (Å²) in [4.78, 5) is 14.1.